The normalized spacial score (nSPS) is 11.0. The molecule has 0 atom stereocenters. The Balaban J connectivity index is 2.15. The van der Waals surface area contributed by atoms with E-state index in [-0.39, 0.29) is 18.2 Å². The van der Waals surface area contributed by atoms with Gasteiger partial charge in [-0.3, -0.25) is 5.41 Å². The lowest BCUT2D eigenvalue weighted by atomic mass is 10.2. The molecular formula is C15H14FN5. The van der Waals surface area contributed by atoms with Gasteiger partial charge in [-0.05, 0) is 24.6 Å². The van der Waals surface area contributed by atoms with Crippen LogP contribution >= 0.6 is 0 Å². The highest BCUT2D eigenvalue weighted by Gasteiger charge is 2.15. The van der Waals surface area contributed by atoms with Crippen LogP contribution in [0.3, 0.4) is 0 Å². The molecule has 0 saturated heterocycles. The number of pyridine rings is 1. The zero-order valence-corrected chi connectivity index (χ0v) is 11.5. The van der Waals surface area contributed by atoms with Gasteiger partial charge < -0.3 is 5.73 Å². The molecule has 0 saturated carbocycles. The molecule has 0 amide bonds. The second-order valence-corrected chi connectivity index (χ2v) is 4.90. The van der Waals surface area contributed by atoms with Crippen LogP contribution in [0.2, 0.25) is 0 Å². The molecular weight excluding hydrogens is 269 g/mol. The molecule has 3 aromatic rings. The molecule has 2 aromatic heterocycles. The Kier molecular flexibility index (Phi) is 3.13. The third-order valence-electron chi connectivity index (χ3n) is 3.26. The van der Waals surface area contributed by atoms with Gasteiger partial charge in [0.2, 0.25) is 0 Å². The maximum Gasteiger partial charge on any atom is 0.158 e. The molecule has 2 heterocycles. The van der Waals surface area contributed by atoms with Crippen LogP contribution in [0.4, 0.5) is 4.39 Å². The van der Waals surface area contributed by atoms with Crippen molar-refractivity contribution in [1.29, 1.82) is 5.41 Å². The fourth-order valence-corrected chi connectivity index (χ4v) is 2.26. The van der Waals surface area contributed by atoms with E-state index in [1.54, 1.807) is 29.1 Å². The molecule has 0 unspecified atom stereocenters. The quantitative estimate of drug-likeness (QED) is 0.571. The lowest BCUT2D eigenvalue weighted by Crippen LogP contribution is -2.13. The zero-order valence-electron chi connectivity index (χ0n) is 11.5. The summed E-state index contributed by atoms with van der Waals surface area (Å²) < 4.78 is 15.3. The number of halogens is 1. The largest absolute Gasteiger partial charge is 0.382 e. The number of nitrogens with zero attached hydrogens (tertiary/aromatic N) is 3. The SMILES string of the molecule is Cc1cnc2c(c1)c(C(=N)N)nn2Cc1ccccc1F. The minimum absolute atomic E-state index is 0.125. The molecule has 6 heteroatoms. The van der Waals surface area contributed by atoms with E-state index >= 15 is 0 Å². The molecule has 5 nitrogen and oxygen atoms in total. The summed E-state index contributed by atoms with van der Waals surface area (Å²) in [5, 5.41) is 12.6. The smallest absolute Gasteiger partial charge is 0.158 e. The molecule has 0 radical (unpaired) electrons. The van der Waals surface area contributed by atoms with E-state index in [0.29, 0.717) is 22.3 Å². The van der Waals surface area contributed by atoms with Gasteiger partial charge >= 0.3 is 0 Å². The first kappa shape index (κ1) is 13.2. The molecule has 0 aliphatic rings. The first-order valence-electron chi connectivity index (χ1n) is 6.47. The van der Waals surface area contributed by atoms with E-state index in [2.05, 4.69) is 10.1 Å². The van der Waals surface area contributed by atoms with E-state index in [1.165, 1.54) is 6.07 Å². The van der Waals surface area contributed by atoms with E-state index in [4.69, 9.17) is 11.1 Å². The van der Waals surface area contributed by atoms with Crippen molar-refractivity contribution in [3.05, 3.63) is 59.2 Å². The van der Waals surface area contributed by atoms with Gasteiger partial charge in [-0.1, -0.05) is 18.2 Å². The summed E-state index contributed by atoms with van der Waals surface area (Å²) >= 11 is 0. The Morgan fingerprint density at radius 3 is 2.86 bits per heavy atom. The average molecular weight is 283 g/mol. The summed E-state index contributed by atoms with van der Waals surface area (Å²) in [4.78, 5) is 4.34. The van der Waals surface area contributed by atoms with E-state index < -0.39 is 0 Å². The number of benzene rings is 1. The second-order valence-electron chi connectivity index (χ2n) is 4.90. The van der Waals surface area contributed by atoms with E-state index in [1.807, 2.05) is 13.0 Å². The molecule has 1 aromatic carbocycles. The van der Waals surface area contributed by atoms with Crippen LogP contribution in [0.1, 0.15) is 16.8 Å². The topological polar surface area (TPSA) is 80.6 Å². The van der Waals surface area contributed by atoms with Gasteiger partial charge in [-0.2, -0.15) is 5.10 Å². The number of nitrogen functional groups attached to an aromatic ring is 1. The Morgan fingerprint density at radius 1 is 1.38 bits per heavy atom. The molecule has 0 spiro atoms. The molecule has 3 rings (SSSR count). The Labute approximate surface area is 120 Å². The molecule has 0 bridgehead atoms. The maximum absolute atomic E-state index is 13.8. The van der Waals surface area contributed by atoms with Crippen molar-refractivity contribution in [2.24, 2.45) is 5.73 Å². The summed E-state index contributed by atoms with van der Waals surface area (Å²) in [6.45, 7) is 2.15. The minimum Gasteiger partial charge on any atom is -0.382 e. The van der Waals surface area contributed by atoms with Crippen LogP contribution in [-0.2, 0) is 6.54 Å². The molecule has 0 aliphatic carbocycles. The van der Waals surface area contributed by atoms with Crippen LogP contribution < -0.4 is 5.73 Å². The number of rotatable bonds is 3. The zero-order chi connectivity index (χ0) is 15.0. The van der Waals surface area contributed by atoms with Crippen LogP contribution in [0.25, 0.3) is 11.0 Å². The van der Waals surface area contributed by atoms with Gasteiger partial charge in [0.25, 0.3) is 0 Å². The predicted molar refractivity (Wildman–Crippen MR) is 78.8 cm³/mol. The average Bonchev–Trinajstić information content (AvgIpc) is 2.79. The second kappa shape index (κ2) is 4.97. The number of hydrogen-bond acceptors (Lipinski definition) is 3. The van der Waals surface area contributed by atoms with Crippen LogP contribution in [0, 0.1) is 18.2 Å². The first-order chi connectivity index (χ1) is 10.1. The van der Waals surface area contributed by atoms with Crippen molar-refractivity contribution in [2.45, 2.75) is 13.5 Å². The maximum atomic E-state index is 13.8. The monoisotopic (exact) mass is 283 g/mol. The lowest BCUT2D eigenvalue weighted by Gasteiger charge is -2.04. The Bertz CT molecular complexity index is 837. The van der Waals surface area contributed by atoms with Crippen LogP contribution in [-0.4, -0.2) is 20.6 Å². The summed E-state index contributed by atoms with van der Waals surface area (Å²) in [5.74, 6) is -0.419. The third kappa shape index (κ3) is 2.35. The van der Waals surface area contributed by atoms with E-state index in [9.17, 15) is 4.39 Å². The predicted octanol–water partition coefficient (Wildman–Crippen LogP) is 2.21. The van der Waals surface area contributed by atoms with Gasteiger partial charge in [0.15, 0.2) is 5.65 Å². The minimum atomic E-state index is -0.294. The highest BCUT2D eigenvalue weighted by Crippen LogP contribution is 2.19. The van der Waals surface area contributed by atoms with Crippen molar-refractivity contribution >= 4 is 16.9 Å². The number of nitrogens with two attached hydrogens (primary N) is 1. The Morgan fingerprint density at radius 2 is 2.14 bits per heavy atom. The van der Waals surface area contributed by atoms with Crippen molar-refractivity contribution < 1.29 is 4.39 Å². The number of aryl methyl sites for hydroxylation is 1. The summed E-state index contributed by atoms with van der Waals surface area (Å²) in [7, 11) is 0. The highest BCUT2D eigenvalue weighted by molar-refractivity contribution is 6.04. The van der Waals surface area contributed by atoms with Crippen LogP contribution in [0.15, 0.2) is 36.5 Å². The molecule has 3 N–H and O–H groups in total. The number of hydrogen-bond donors (Lipinski definition) is 2. The standard InChI is InChI=1S/C15H14FN5/c1-9-6-11-13(14(17)18)20-21(15(11)19-7-9)8-10-4-2-3-5-12(10)16/h2-7H,8H2,1H3,(H3,17,18). The van der Waals surface area contributed by atoms with Gasteiger partial charge in [0.05, 0.1) is 11.9 Å². The van der Waals surface area contributed by atoms with Gasteiger partial charge in [-0.25, -0.2) is 14.1 Å². The molecule has 0 fully saturated rings. The number of nitrogens with one attached hydrogen (secondary N) is 1. The van der Waals surface area contributed by atoms with Crippen molar-refractivity contribution in [2.75, 3.05) is 0 Å². The fraction of sp³-hybridized carbons (Fsp3) is 0.133. The summed E-state index contributed by atoms with van der Waals surface area (Å²) in [5.41, 5.74) is 8.00. The van der Waals surface area contributed by atoms with Gasteiger partial charge in [0.1, 0.15) is 17.3 Å². The third-order valence-corrected chi connectivity index (χ3v) is 3.26. The van der Waals surface area contributed by atoms with Crippen molar-refractivity contribution in [3.8, 4) is 0 Å². The number of aromatic nitrogens is 3. The van der Waals surface area contributed by atoms with Crippen molar-refractivity contribution in [3.63, 3.8) is 0 Å². The Hall–Kier alpha value is -2.76. The number of amidine groups is 1. The van der Waals surface area contributed by atoms with Crippen LogP contribution in [0.5, 0.6) is 0 Å². The highest BCUT2D eigenvalue weighted by atomic mass is 19.1. The van der Waals surface area contributed by atoms with Gasteiger partial charge in [-0.15, -0.1) is 0 Å². The molecule has 21 heavy (non-hydrogen) atoms. The van der Waals surface area contributed by atoms with Gasteiger partial charge in [0, 0.05) is 11.8 Å². The molecule has 106 valence electrons. The van der Waals surface area contributed by atoms with Crippen molar-refractivity contribution in [1.82, 2.24) is 14.8 Å². The fourth-order valence-electron chi connectivity index (χ4n) is 2.26. The molecule has 0 aliphatic heterocycles. The van der Waals surface area contributed by atoms with E-state index in [0.717, 1.165) is 5.56 Å². The summed E-state index contributed by atoms with van der Waals surface area (Å²) in [6, 6.07) is 8.40. The number of fused-ring (bicyclic) bond motifs is 1. The lowest BCUT2D eigenvalue weighted by molar-refractivity contribution is 0.589. The first-order valence-corrected chi connectivity index (χ1v) is 6.47. The summed E-state index contributed by atoms with van der Waals surface area (Å²) in [6.07, 6.45) is 1.71.